The van der Waals surface area contributed by atoms with Crippen molar-refractivity contribution in [3.05, 3.63) is 75.8 Å². The van der Waals surface area contributed by atoms with Crippen molar-refractivity contribution in [3.8, 4) is 0 Å². The van der Waals surface area contributed by atoms with Crippen molar-refractivity contribution in [2.45, 2.75) is 18.9 Å². The molecule has 0 fully saturated rings. The molecule has 1 N–H and O–H groups in total. The highest BCUT2D eigenvalue weighted by molar-refractivity contribution is 6.31. The molecule has 2 rings (SSSR count). The number of benzene rings is 2. The molecule has 0 spiro atoms. The Balaban J connectivity index is 1.97. The van der Waals surface area contributed by atoms with Gasteiger partial charge in [-0.15, -0.1) is 0 Å². The van der Waals surface area contributed by atoms with Crippen LogP contribution in [0.4, 0.5) is 26.3 Å². The fraction of sp³-hybridized carbons (Fsp3) is 0.167. The number of carbonyl (C=O) groups is 1. The van der Waals surface area contributed by atoms with Crippen molar-refractivity contribution < 1.29 is 31.1 Å². The summed E-state index contributed by atoms with van der Waals surface area (Å²) in [5.74, 6) is -0.613. The second-order valence-electron chi connectivity index (χ2n) is 5.48. The molecule has 0 radical (unpaired) electrons. The van der Waals surface area contributed by atoms with Gasteiger partial charge in [0.05, 0.1) is 16.1 Å². The third kappa shape index (κ3) is 6.02. The number of nitrogens with one attached hydrogen (secondary N) is 1. The van der Waals surface area contributed by atoms with Crippen LogP contribution >= 0.6 is 11.6 Å². The van der Waals surface area contributed by atoms with Gasteiger partial charge in [0, 0.05) is 12.6 Å². The fourth-order valence-electron chi connectivity index (χ4n) is 2.10. The topological polar surface area (TPSA) is 29.1 Å². The zero-order valence-corrected chi connectivity index (χ0v) is 14.2. The molecule has 27 heavy (non-hydrogen) atoms. The molecule has 0 saturated heterocycles. The molecule has 1 amide bonds. The Kier molecular flexibility index (Phi) is 6.20. The van der Waals surface area contributed by atoms with Crippen molar-refractivity contribution >= 4 is 23.6 Å². The minimum atomic E-state index is -4.61. The minimum Gasteiger partial charge on any atom is -0.348 e. The van der Waals surface area contributed by atoms with Gasteiger partial charge >= 0.3 is 12.4 Å². The van der Waals surface area contributed by atoms with Gasteiger partial charge in [0.1, 0.15) is 0 Å². The number of hydrogen-bond donors (Lipinski definition) is 1. The molecule has 2 aromatic rings. The van der Waals surface area contributed by atoms with Gasteiger partial charge in [0.25, 0.3) is 0 Å². The monoisotopic (exact) mass is 407 g/mol. The molecule has 0 saturated carbocycles. The lowest BCUT2D eigenvalue weighted by Gasteiger charge is -2.11. The van der Waals surface area contributed by atoms with Crippen LogP contribution in [0.1, 0.15) is 22.3 Å². The van der Waals surface area contributed by atoms with Crippen molar-refractivity contribution in [1.29, 1.82) is 0 Å². The first-order valence-corrected chi connectivity index (χ1v) is 7.83. The lowest BCUT2D eigenvalue weighted by atomic mass is 10.1. The Labute approximate surface area is 155 Å². The number of halogens is 7. The molecule has 9 heteroatoms. The number of alkyl halides is 6. The SMILES string of the molecule is O=C(C=Cc1ccc(C(F)(F)F)cc1)NCc1ccc(Cl)c(C(F)(F)F)c1. The smallest absolute Gasteiger partial charge is 0.348 e. The predicted octanol–water partition coefficient (Wildman–Crippen LogP) is 5.71. The Hall–Kier alpha value is -2.48. The summed E-state index contributed by atoms with van der Waals surface area (Å²) in [7, 11) is 0. The van der Waals surface area contributed by atoms with Crippen molar-refractivity contribution in [1.82, 2.24) is 5.32 Å². The van der Waals surface area contributed by atoms with Crippen LogP contribution < -0.4 is 5.32 Å². The normalized spacial score (nSPS) is 12.4. The van der Waals surface area contributed by atoms with Gasteiger partial charge in [-0.05, 0) is 41.5 Å². The fourth-order valence-corrected chi connectivity index (χ4v) is 2.33. The van der Waals surface area contributed by atoms with Crippen LogP contribution in [0.5, 0.6) is 0 Å². The summed E-state index contributed by atoms with van der Waals surface area (Å²) >= 11 is 5.51. The first kappa shape index (κ1) is 20.8. The van der Waals surface area contributed by atoms with Crippen LogP contribution in [-0.4, -0.2) is 5.91 Å². The number of hydrogen-bond acceptors (Lipinski definition) is 1. The number of amides is 1. The first-order valence-electron chi connectivity index (χ1n) is 7.45. The van der Waals surface area contributed by atoms with E-state index < -0.39 is 34.4 Å². The van der Waals surface area contributed by atoms with Gasteiger partial charge in [-0.2, -0.15) is 26.3 Å². The van der Waals surface area contributed by atoms with Crippen LogP contribution in [0.15, 0.2) is 48.5 Å². The third-order valence-electron chi connectivity index (χ3n) is 3.47. The minimum absolute atomic E-state index is 0.170. The first-order chi connectivity index (χ1) is 12.5. The predicted molar refractivity (Wildman–Crippen MR) is 88.8 cm³/mol. The summed E-state index contributed by atoms with van der Waals surface area (Å²) in [5, 5.41) is 1.94. The van der Waals surface area contributed by atoms with E-state index in [1.165, 1.54) is 24.3 Å². The molecule has 2 aromatic carbocycles. The maximum Gasteiger partial charge on any atom is 0.417 e. The van der Waals surface area contributed by atoms with E-state index in [2.05, 4.69) is 5.32 Å². The van der Waals surface area contributed by atoms with Gasteiger partial charge in [0.2, 0.25) is 5.91 Å². The van der Waals surface area contributed by atoms with E-state index >= 15 is 0 Å². The molecule has 0 aliphatic carbocycles. The van der Waals surface area contributed by atoms with Gasteiger partial charge in [-0.3, -0.25) is 4.79 Å². The molecule has 0 aromatic heterocycles. The van der Waals surface area contributed by atoms with Crippen LogP contribution in [-0.2, 0) is 23.7 Å². The average molecular weight is 408 g/mol. The molecule has 0 aliphatic rings. The highest BCUT2D eigenvalue weighted by atomic mass is 35.5. The lowest BCUT2D eigenvalue weighted by molar-refractivity contribution is -0.138. The van der Waals surface area contributed by atoms with Crippen LogP contribution in [0.25, 0.3) is 6.08 Å². The van der Waals surface area contributed by atoms with E-state index in [1.54, 1.807) is 0 Å². The summed E-state index contributed by atoms with van der Waals surface area (Å²) in [5.41, 5.74) is -1.25. The quantitative estimate of drug-likeness (QED) is 0.510. The Morgan fingerprint density at radius 2 is 1.59 bits per heavy atom. The summed E-state index contributed by atoms with van der Waals surface area (Å²) in [6.45, 7) is -0.170. The molecule has 0 bridgehead atoms. The van der Waals surface area contributed by atoms with E-state index in [1.807, 2.05) is 0 Å². The number of rotatable bonds is 4. The molecule has 144 valence electrons. The van der Waals surface area contributed by atoms with Crippen molar-refractivity contribution in [2.75, 3.05) is 0 Å². The molecule has 0 aliphatic heterocycles. The van der Waals surface area contributed by atoms with Crippen LogP contribution in [0.3, 0.4) is 0 Å². The van der Waals surface area contributed by atoms with E-state index in [9.17, 15) is 31.1 Å². The van der Waals surface area contributed by atoms with E-state index in [4.69, 9.17) is 11.6 Å². The second-order valence-corrected chi connectivity index (χ2v) is 5.89. The van der Waals surface area contributed by atoms with Crippen molar-refractivity contribution in [2.24, 2.45) is 0 Å². The Bertz CT molecular complexity index is 840. The third-order valence-corrected chi connectivity index (χ3v) is 3.80. The summed E-state index contributed by atoms with van der Waals surface area (Å²) in [6.07, 6.45) is -6.70. The Morgan fingerprint density at radius 3 is 2.15 bits per heavy atom. The Morgan fingerprint density at radius 1 is 0.963 bits per heavy atom. The molecular weight excluding hydrogens is 396 g/mol. The van der Waals surface area contributed by atoms with E-state index in [0.29, 0.717) is 5.56 Å². The molecular formula is C18H12ClF6NO. The molecule has 0 unspecified atom stereocenters. The highest BCUT2D eigenvalue weighted by Crippen LogP contribution is 2.35. The molecule has 2 nitrogen and oxygen atoms in total. The highest BCUT2D eigenvalue weighted by Gasteiger charge is 2.33. The molecule has 0 heterocycles. The second kappa shape index (κ2) is 8.04. The zero-order chi connectivity index (χ0) is 20.2. The van der Waals surface area contributed by atoms with Gasteiger partial charge < -0.3 is 5.32 Å². The zero-order valence-electron chi connectivity index (χ0n) is 13.5. The van der Waals surface area contributed by atoms with E-state index in [-0.39, 0.29) is 12.1 Å². The lowest BCUT2D eigenvalue weighted by Crippen LogP contribution is -2.20. The van der Waals surface area contributed by atoms with Gasteiger partial charge in [-0.1, -0.05) is 29.8 Å². The van der Waals surface area contributed by atoms with Crippen LogP contribution in [0.2, 0.25) is 5.02 Å². The maximum atomic E-state index is 12.8. The summed E-state index contributed by atoms with van der Waals surface area (Å²) < 4.78 is 75.7. The summed E-state index contributed by atoms with van der Waals surface area (Å²) in [6, 6.07) is 7.42. The average Bonchev–Trinajstić information content (AvgIpc) is 2.57. The molecule has 0 atom stereocenters. The van der Waals surface area contributed by atoms with Crippen LogP contribution in [0, 0.1) is 0 Å². The largest absolute Gasteiger partial charge is 0.417 e. The van der Waals surface area contributed by atoms with Gasteiger partial charge in [-0.25, -0.2) is 0 Å². The maximum absolute atomic E-state index is 12.8. The van der Waals surface area contributed by atoms with Gasteiger partial charge in [0.15, 0.2) is 0 Å². The standard InChI is InChI=1S/C18H12ClF6NO/c19-15-7-3-12(9-14(15)18(23,24)25)10-26-16(27)8-4-11-1-5-13(6-2-11)17(20,21)22/h1-9H,10H2,(H,26,27). The van der Waals surface area contributed by atoms with E-state index in [0.717, 1.165) is 30.3 Å². The van der Waals surface area contributed by atoms with Crippen molar-refractivity contribution in [3.63, 3.8) is 0 Å². The number of carbonyl (C=O) groups excluding carboxylic acids is 1. The summed E-state index contributed by atoms with van der Waals surface area (Å²) in [4.78, 5) is 11.7.